The lowest BCUT2D eigenvalue weighted by Gasteiger charge is -2.18. The van der Waals surface area contributed by atoms with Crippen LogP contribution in [0.5, 0.6) is 0 Å². The zero-order chi connectivity index (χ0) is 20.1. The van der Waals surface area contributed by atoms with E-state index in [9.17, 15) is 19.2 Å². The summed E-state index contributed by atoms with van der Waals surface area (Å²) in [6.07, 6.45) is 2.30. The monoisotopic (exact) mass is 379 g/mol. The van der Waals surface area contributed by atoms with Crippen LogP contribution in [0.2, 0.25) is 0 Å². The summed E-state index contributed by atoms with van der Waals surface area (Å²) < 4.78 is 0. The van der Waals surface area contributed by atoms with Crippen molar-refractivity contribution in [1.82, 2.24) is 5.32 Å². The molecule has 0 aromatic heterocycles. The first-order valence-electron chi connectivity index (χ1n) is 9.27. The average Bonchev–Trinajstić information content (AvgIpc) is 2.68. The number of rotatable bonds is 8. The van der Waals surface area contributed by atoms with Gasteiger partial charge in [-0.3, -0.25) is 19.2 Å². The standard InChI is InChI=1S/C22H21NO5/c24-19(23-11-5-1-2-8-20(25)26)13-14-9-10-17-18(12-14)22(28)16-7-4-3-6-15(16)21(17)27/h3-4,6-7,9-10,12H,1-2,5,8,11,13H2,(H,23,24)(H,25,26). The van der Waals surface area contributed by atoms with Crippen LogP contribution in [0, 0.1) is 0 Å². The van der Waals surface area contributed by atoms with Crippen molar-refractivity contribution in [3.63, 3.8) is 0 Å². The summed E-state index contributed by atoms with van der Waals surface area (Å²) >= 11 is 0. The molecule has 0 atom stereocenters. The van der Waals surface area contributed by atoms with Crippen molar-refractivity contribution in [2.24, 2.45) is 0 Å². The molecule has 0 radical (unpaired) electrons. The summed E-state index contributed by atoms with van der Waals surface area (Å²) in [6, 6.07) is 11.7. The molecule has 1 aliphatic carbocycles. The zero-order valence-electron chi connectivity index (χ0n) is 15.4. The van der Waals surface area contributed by atoms with E-state index in [-0.39, 0.29) is 30.3 Å². The van der Waals surface area contributed by atoms with Crippen LogP contribution < -0.4 is 5.32 Å². The number of hydrogen-bond donors (Lipinski definition) is 2. The van der Waals surface area contributed by atoms with Gasteiger partial charge in [-0.15, -0.1) is 0 Å². The Morgan fingerprint density at radius 2 is 1.46 bits per heavy atom. The lowest BCUT2D eigenvalue weighted by atomic mass is 9.83. The van der Waals surface area contributed by atoms with Crippen LogP contribution in [0.3, 0.4) is 0 Å². The SMILES string of the molecule is O=C(O)CCCCCNC(=O)Cc1ccc2c(c1)C(=O)c1ccccc1C2=O. The van der Waals surface area contributed by atoms with Gasteiger partial charge in [-0.1, -0.05) is 42.8 Å². The second-order valence-corrected chi connectivity index (χ2v) is 6.81. The third kappa shape index (κ3) is 4.34. The molecule has 6 nitrogen and oxygen atoms in total. The number of carboxylic acid groups (broad SMARTS) is 1. The van der Waals surface area contributed by atoms with Gasteiger partial charge in [0, 0.05) is 35.2 Å². The summed E-state index contributed by atoms with van der Waals surface area (Å²) in [5.41, 5.74) is 2.17. The maximum absolute atomic E-state index is 12.7. The molecule has 144 valence electrons. The van der Waals surface area contributed by atoms with Gasteiger partial charge in [0.05, 0.1) is 6.42 Å². The van der Waals surface area contributed by atoms with Crippen molar-refractivity contribution >= 4 is 23.4 Å². The van der Waals surface area contributed by atoms with Gasteiger partial charge in [0.1, 0.15) is 0 Å². The van der Waals surface area contributed by atoms with E-state index in [0.29, 0.717) is 47.2 Å². The summed E-state index contributed by atoms with van der Waals surface area (Å²) in [5, 5.41) is 11.4. The Balaban J connectivity index is 1.60. The van der Waals surface area contributed by atoms with Gasteiger partial charge in [0.15, 0.2) is 11.6 Å². The van der Waals surface area contributed by atoms with E-state index in [1.165, 1.54) is 0 Å². The fraction of sp³-hybridized carbons (Fsp3) is 0.273. The number of aliphatic carboxylic acids is 1. The number of fused-ring (bicyclic) bond motifs is 2. The van der Waals surface area contributed by atoms with Crippen molar-refractivity contribution in [2.45, 2.75) is 32.1 Å². The highest BCUT2D eigenvalue weighted by Crippen LogP contribution is 2.27. The Morgan fingerprint density at radius 1 is 0.821 bits per heavy atom. The molecule has 0 spiro atoms. The maximum Gasteiger partial charge on any atom is 0.303 e. The van der Waals surface area contributed by atoms with Gasteiger partial charge in [0.25, 0.3) is 0 Å². The minimum Gasteiger partial charge on any atom is -0.481 e. The Morgan fingerprint density at radius 3 is 2.14 bits per heavy atom. The van der Waals surface area contributed by atoms with Crippen LogP contribution in [-0.4, -0.2) is 35.1 Å². The number of nitrogens with one attached hydrogen (secondary N) is 1. The van der Waals surface area contributed by atoms with Gasteiger partial charge >= 0.3 is 5.97 Å². The molecular formula is C22H21NO5. The highest BCUT2D eigenvalue weighted by molar-refractivity contribution is 6.28. The predicted octanol–water partition coefficient (Wildman–Crippen LogP) is 2.77. The number of amides is 1. The van der Waals surface area contributed by atoms with E-state index in [1.54, 1.807) is 42.5 Å². The second-order valence-electron chi connectivity index (χ2n) is 6.81. The Hall–Kier alpha value is -3.28. The summed E-state index contributed by atoms with van der Waals surface area (Å²) in [7, 11) is 0. The lowest BCUT2D eigenvalue weighted by molar-refractivity contribution is -0.137. The van der Waals surface area contributed by atoms with Crippen LogP contribution >= 0.6 is 0 Å². The van der Waals surface area contributed by atoms with Gasteiger partial charge in [-0.25, -0.2) is 0 Å². The number of carboxylic acids is 1. The van der Waals surface area contributed by atoms with Crippen LogP contribution in [-0.2, 0) is 16.0 Å². The number of benzene rings is 2. The molecule has 0 unspecified atom stereocenters. The molecule has 3 rings (SSSR count). The topological polar surface area (TPSA) is 101 Å². The Labute approximate surface area is 162 Å². The lowest BCUT2D eigenvalue weighted by Crippen LogP contribution is -2.26. The minimum atomic E-state index is -0.813. The summed E-state index contributed by atoms with van der Waals surface area (Å²) in [6.45, 7) is 0.480. The highest BCUT2D eigenvalue weighted by atomic mass is 16.4. The van der Waals surface area contributed by atoms with Gasteiger partial charge < -0.3 is 10.4 Å². The first-order valence-corrected chi connectivity index (χ1v) is 9.27. The van der Waals surface area contributed by atoms with Crippen molar-refractivity contribution in [3.05, 3.63) is 70.3 Å². The zero-order valence-corrected chi connectivity index (χ0v) is 15.4. The Bertz CT molecular complexity index is 948. The van der Waals surface area contributed by atoms with Gasteiger partial charge in [-0.2, -0.15) is 0 Å². The molecule has 0 heterocycles. The molecule has 0 saturated heterocycles. The normalized spacial score (nSPS) is 12.3. The Kier molecular flexibility index (Phi) is 5.99. The van der Waals surface area contributed by atoms with Crippen molar-refractivity contribution in [3.8, 4) is 0 Å². The quantitative estimate of drug-likeness (QED) is 0.586. The molecule has 0 fully saturated rings. The molecule has 0 saturated carbocycles. The van der Waals surface area contributed by atoms with Crippen molar-refractivity contribution in [2.75, 3.05) is 6.54 Å². The predicted molar refractivity (Wildman–Crippen MR) is 103 cm³/mol. The number of carbonyl (C=O) groups is 4. The molecular weight excluding hydrogens is 358 g/mol. The molecule has 2 aromatic carbocycles. The molecule has 28 heavy (non-hydrogen) atoms. The van der Waals surface area contributed by atoms with Gasteiger partial charge in [-0.05, 0) is 24.5 Å². The third-order valence-corrected chi connectivity index (χ3v) is 4.74. The first-order chi connectivity index (χ1) is 13.5. The maximum atomic E-state index is 12.7. The van der Waals surface area contributed by atoms with Gasteiger partial charge in [0.2, 0.25) is 5.91 Å². The van der Waals surface area contributed by atoms with E-state index in [4.69, 9.17) is 5.11 Å². The molecule has 2 aromatic rings. The number of carbonyl (C=O) groups excluding carboxylic acids is 3. The van der Waals surface area contributed by atoms with Crippen LogP contribution in [0.15, 0.2) is 42.5 Å². The first kappa shape index (κ1) is 19.5. The van der Waals surface area contributed by atoms with Crippen molar-refractivity contribution in [1.29, 1.82) is 0 Å². The van der Waals surface area contributed by atoms with E-state index < -0.39 is 5.97 Å². The van der Waals surface area contributed by atoms with E-state index in [1.807, 2.05) is 0 Å². The van der Waals surface area contributed by atoms with Crippen LogP contribution in [0.4, 0.5) is 0 Å². The smallest absolute Gasteiger partial charge is 0.303 e. The largest absolute Gasteiger partial charge is 0.481 e. The molecule has 6 heteroatoms. The number of unbranched alkanes of at least 4 members (excludes halogenated alkanes) is 2. The summed E-state index contributed by atoms with van der Waals surface area (Å²) in [4.78, 5) is 47.9. The minimum absolute atomic E-state index is 0.117. The van der Waals surface area contributed by atoms with Crippen LogP contribution in [0.25, 0.3) is 0 Å². The van der Waals surface area contributed by atoms with Crippen LogP contribution in [0.1, 0.15) is 63.1 Å². The fourth-order valence-corrected chi connectivity index (χ4v) is 3.31. The van der Waals surface area contributed by atoms with E-state index in [2.05, 4.69) is 5.32 Å². The second kappa shape index (κ2) is 8.61. The average molecular weight is 379 g/mol. The number of ketones is 2. The third-order valence-electron chi connectivity index (χ3n) is 4.74. The molecule has 0 aliphatic heterocycles. The summed E-state index contributed by atoms with van der Waals surface area (Å²) in [5.74, 6) is -1.37. The van der Waals surface area contributed by atoms with Crippen molar-refractivity contribution < 1.29 is 24.3 Å². The molecule has 2 N–H and O–H groups in total. The molecule has 0 bridgehead atoms. The molecule has 1 aliphatic rings. The molecule has 1 amide bonds. The number of hydrogen-bond acceptors (Lipinski definition) is 4. The highest BCUT2D eigenvalue weighted by Gasteiger charge is 2.29. The van der Waals surface area contributed by atoms with E-state index >= 15 is 0 Å². The van der Waals surface area contributed by atoms with E-state index in [0.717, 1.165) is 6.42 Å². The fourth-order valence-electron chi connectivity index (χ4n) is 3.31.